The summed E-state index contributed by atoms with van der Waals surface area (Å²) in [6.07, 6.45) is 4.14. The number of carbonyl (C=O) groups is 2. The van der Waals surface area contributed by atoms with Crippen LogP contribution in [-0.4, -0.2) is 49.0 Å². The van der Waals surface area contributed by atoms with Crippen molar-refractivity contribution in [3.05, 3.63) is 48.7 Å². The largest absolute Gasteiger partial charge is 0.493 e. The average Bonchev–Trinajstić information content (AvgIpc) is 3.81. The van der Waals surface area contributed by atoms with Gasteiger partial charge in [-0.15, -0.1) is 0 Å². The third-order valence-corrected chi connectivity index (χ3v) is 7.41. The van der Waals surface area contributed by atoms with Crippen molar-refractivity contribution in [2.45, 2.75) is 19.3 Å². The molecule has 2 saturated carbocycles. The Morgan fingerprint density at radius 2 is 1.66 bits per heavy atom. The molecule has 8 nitrogen and oxygen atoms in total. The van der Waals surface area contributed by atoms with E-state index in [1.807, 2.05) is 11.0 Å². The van der Waals surface area contributed by atoms with Crippen molar-refractivity contribution in [3.8, 4) is 23.0 Å². The molecule has 0 bridgehead atoms. The number of nitrogens with zero attached hydrogens (tertiary/aromatic N) is 2. The highest BCUT2D eigenvalue weighted by Gasteiger charge is 2.60. The molecule has 3 aromatic rings. The molecule has 180 valence electrons. The summed E-state index contributed by atoms with van der Waals surface area (Å²) in [4.78, 5) is 32.3. The number of hydrogen-bond donors (Lipinski definition) is 1. The van der Waals surface area contributed by atoms with Crippen molar-refractivity contribution < 1.29 is 23.8 Å². The Balaban J connectivity index is 1.15. The second-order valence-electron chi connectivity index (χ2n) is 9.66. The smallest absolute Gasteiger partial charge is 0.240 e. The van der Waals surface area contributed by atoms with E-state index in [1.54, 1.807) is 56.8 Å². The number of ether oxygens (including phenoxy) is 3. The van der Waals surface area contributed by atoms with Crippen LogP contribution in [0.15, 0.2) is 48.7 Å². The van der Waals surface area contributed by atoms with Crippen LogP contribution in [0, 0.1) is 17.3 Å². The average molecular weight is 474 g/mol. The minimum Gasteiger partial charge on any atom is -0.493 e. The number of fused-ring (bicyclic) bond motifs is 2. The summed E-state index contributed by atoms with van der Waals surface area (Å²) < 4.78 is 16.9. The fourth-order valence-corrected chi connectivity index (χ4v) is 5.05. The van der Waals surface area contributed by atoms with Crippen LogP contribution in [0.2, 0.25) is 0 Å². The maximum atomic E-state index is 13.0. The van der Waals surface area contributed by atoms with Gasteiger partial charge in [-0.25, -0.2) is 0 Å². The van der Waals surface area contributed by atoms with Crippen molar-refractivity contribution in [2.75, 3.05) is 32.6 Å². The van der Waals surface area contributed by atoms with E-state index >= 15 is 0 Å². The quantitative estimate of drug-likeness (QED) is 0.516. The third kappa shape index (κ3) is 3.83. The number of hydrogen-bond acceptors (Lipinski definition) is 6. The van der Waals surface area contributed by atoms with E-state index in [2.05, 4.69) is 10.3 Å². The molecule has 2 amide bonds. The first-order chi connectivity index (χ1) is 17.0. The molecular weight excluding hydrogens is 446 g/mol. The summed E-state index contributed by atoms with van der Waals surface area (Å²) in [5, 5.41) is 3.73. The van der Waals surface area contributed by atoms with Crippen molar-refractivity contribution in [1.29, 1.82) is 0 Å². The first-order valence-electron chi connectivity index (χ1n) is 11.9. The Hall–Kier alpha value is -3.81. The molecule has 6 rings (SSSR count). The summed E-state index contributed by atoms with van der Waals surface area (Å²) in [7, 11) is 3.17. The van der Waals surface area contributed by atoms with Crippen LogP contribution in [0.25, 0.3) is 10.9 Å². The van der Waals surface area contributed by atoms with Crippen LogP contribution in [0.4, 0.5) is 5.69 Å². The van der Waals surface area contributed by atoms with Crippen molar-refractivity contribution in [2.24, 2.45) is 17.3 Å². The van der Waals surface area contributed by atoms with Crippen molar-refractivity contribution in [1.82, 2.24) is 9.88 Å². The van der Waals surface area contributed by atoms with Gasteiger partial charge >= 0.3 is 0 Å². The zero-order chi connectivity index (χ0) is 24.2. The number of rotatable bonds is 7. The molecule has 1 aromatic heterocycles. The zero-order valence-electron chi connectivity index (χ0n) is 19.7. The first kappa shape index (κ1) is 21.7. The number of benzene rings is 2. The monoisotopic (exact) mass is 473 g/mol. The number of piperidine rings is 1. The molecule has 1 saturated heterocycles. The number of anilines is 1. The summed E-state index contributed by atoms with van der Waals surface area (Å²) >= 11 is 0. The molecule has 3 aliphatic rings. The van der Waals surface area contributed by atoms with Gasteiger partial charge in [-0.05, 0) is 67.5 Å². The van der Waals surface area contributed by atoms with Gasteiger partial charge in [-0.1, -0.05) is 0 Å². The molecule has 35 heavy (non-hydrogen) atoms. The predicted octanol–water partition coefficient (Wildman–Crippen LogP) is 4.24. The van der Waals surface area contributed by atoms with Gasteiger partial charge in [0.1, 0.15) is 16.9 Å². The van der Waals surface area contributed by atoms with Crippen molar-refractivity contribution >= 4 is 28.4 Å². The van der Waals surface area contributed by atoms with E-state index in [0.29, 0.717) is 53.4 Å². The second-order valence-corrected chi connectivity index (χ2v) is 9.66. The lowest BCUT2D eigenvalue weighted by molar-refractivity contribution is -0.141. The highest BCUT2D eigenvalue weighted by molar-refractivity contribution is 6.13. The van der Waals surface area contributed by atoms with E-state index in [1.165, 1.54) is 6.42 Å². The molecule has 3 fully saturated rings. The van der Waals surface area contributed by atoms with E-state index in [-0.39, 0.29) is 11.8 Å². The van der Waals surface area contributed by atoms with Gasteiger partial charge in [0.05, 0.1) is 19.7 Å². The van der Waals surface area contributed by atoms with Crippen LogP contribution >= 0.6 is 0 Å². The number of methoxy groups -OCH3 is 2. The molecular formula is C27H27N3O5. The normalized spacial score (nSPS) is 21.3. The van der Waals surface area contributed by atoms with Gasteiger partial charge < -0.3 is 24.4 Å². The molecule has 1 N–H and O–H groups in total. The third-order valence-electron chi connectivity index (χ3n) is 7.41. The van der Waals surface area contributed by atoms with Crippen LogP contribution in [0.5, 0.6) is 23.0 Å². The van der Waals surface area contributed by atoms with Gasteiger partial charge in [0.15, 0.2) is 11.5 Å². The molecule has 8 heteroatoms. The van der Waals surface area contributed by atoms with Crippen LogP contribution in [0.3, 0.4) is 0 Å². The highest BCUT2D eigenvalue weighted by Crippen LogP contribution is 2.52. The molecule has 0 radical (unpaired) electrons. The van der Waals surface area contributed by atoms with Gasteiger partial charge in [0.2, 0.25) is 11.8 Å². The number of nitrogens with one attached hydrogen (secondary N) is 1. The van der Waals surface area contributed by atoms with E-state index in [9.17, 15) is 9.59 Å². The molecule has 1 aliphatic heterocycles. The van der Waals surface area contributed by atoms with E-state index in [4.69, 9.17) is 14.2 Å². The number of amides is 2. The highest BCUT2D eigenvalue weighted by atomic mass is 16.5. The van der Waals surface area contributed by atoms with E-state index < -0.39 is 5.41 Å². The van der Waals surface area contributed by atoms with Gasteiger partial charge in [-0.3, -0.25) is 14.6 Å². The molecule has 2 aromatic carbocycles. The molecule has 0 spiro atoms. The Labute approximate surface area is 203 Å². The maximum Gasteiger partial charge on any atom is 0.240 e. The lowest BCUT2D eigenvalue weighted by atomic mass is 10.0. The summed E-state index contributed by atoms with van der Waals surface area (Å²) in [6, 6.07) is 12.6. The maximum absolute atomic E-state index is 13.0. The molecule has 2 atom stereocenters. The van der Waals surface area contributed by atoms with Crippen molar-refractivity contribution in [3.63, 3.8) is 0 Å². The predicted molar refractivity (Wildman–Crippen MR) is 130 cm³/mol. The minimum absolute atomic E-state index is 0.00113. The van der Waals surface area contributed by atoms with Gasteiger partial charge in [0, 0.05) is 36.4 Å². The number of aromatic nitrogens is 1. The summed E-state index contributed by atoms with van der Waals surface area (Å²) in [6.45, 7) is 1.62. The van der Waals surface area contributed by atoms with Gasteiger partial charge in [0.25, 0.3) is 0 Å². The Kier molecular flexibility index (Phi) is 5.05. The molecule has 2 aliphatic carbocycles. The number of likely N-dealkylation sites (tertiary alicyclic amines) is 1. The molecule has 2 heterocycles. The minimum atomic E-state index is -0.887. The van der Waals surface area contributed by atoms with Crippen LogP contribution in [0.1, 0.15) is 19.3 Å². The summed E-state index contributed by atoms with van der Waals surface area (Å²) in [5.74, 6) is 3.52. The van der Waals surface area contributed by atoms with Crippen LogP contribution < -0.4 is 19.5 Å². The van der Waals surface area contributed by atoms with Gasteiger partial charge in [-0.2, -0.15) is 0 Å². The molecule has 2 unspecified atom stereocenters. The SMILES string of the molecule is COc1cc2nccc(Oc3ccc(NC(=O)C4(C(=O)N5CC6CC6C5)CC4)cc3)c2cc1OC. The zero-order valence-corrected chi connectivity index (χ0v) is 19.7. The fraction of sp³-hybridized carbons (Fsp3) is 0.370. The van der Waals surface area contributed by atoms with Crippen LogP contribution in [-0.2, 0) is 9.59 Å². The summed E-state index contributed by atoms with van der Waals surface area (Å²) in [5.41, 5.74) is 0.470. The number of pyridine rings is 1. The Bertz CT molecular complexity index is 1310. The fourth-order valence-electron chi connectivity index (χ4n) is 5.05. The lowest BCUT2D eigenvalue weighted by Crippen LogP contribution is -2.42. The number of carbonyl (C=O) groups excluding carboxylic acids is 2. The Morgan fingerprint density at radius 1 is 0.971 bits per heavy atom. The topological polar surface area (TPSA) is 90.0 Å². The standard InChI is InChI=1S/C27H27N3O5/c1-33-23-12-20-21(13-24(23)34-2)28-10-7-22(20)35-19-5-3-18(4-6-19)29-25(31)27(8-9-27)26(32)30-14-16-11-17(16)15-30/h3-7,10,12-13,16-17H,8-9,11,14-15H2,1-2H3,(H,29,31). The van der Waals surface area contributed by atoms with E-state index in [0.717, 1.165) is 24.0 Å². The first-order valence-corrected chi connectivity index (χ1v) is 11.9. The Morgan fingerprint density at radius 3 is 2.31 bits per heavy atom. The second kappa shape index (κ2) is 8.15. The lowest BCUT2D eigenvalue weighted by Gasteiger charge is -2.23.